The Kier molecular flexibility index (Phi) is 5.65. The summed E-state index contributed by atoms with van der Waals surface area (Å²) < 4.78 is 0. The highest BCUT2D eigenvalue weighted by molar-refractivity contribution is 7.11. The number of carboxylic acid groups (broad SMARTS) is 1. The Balaban J connectivity index is 2.28. The number of carbonyl (C=O) groups is 1. The molecule has 0 aliphatic carbocycles. The van der Waals surface area contributed by atoms with E-state index in [1.54, 1.807) is 0 Å². The van der Waals surface area contributed by atoms with Crippen molar-refractivity contribution in [1.82, 2.24) is 5.32 Å². The van der Waals surface area contributed by atoms with Crippen LogP contribution in [0.2, 0.25) is 0 Å². The zero-order chi connectivity index (χ0) is 12.8. The molecule has 0 spiro atoms. The molecule has 1 aromatic rings. The number of carboxylic acids is 1. The normalized spacial score (nSPS) is 14.5. The minimum Gasteiger partial charge on any atom is -0.481 e. The molecule has 0 fully saturated rings. The van der Waals surface area contributed by atoms with Gasteiger partial charge in [-0.2, -0.15) is 0 Å². The molecule has 1 aromatic heterocycles. The Morgan fingerprint density at radius 3 is 2.65 bits per heavy atom. The van der Waals surface area contributed by atoms with E-state index in [0.29, 0.717) is 12.5 Å². The van der Waals surface area contributed by atoms with Gasteiger partial charge in [-0.25, -0.2) is 0 Å². The highest BCUT2D eigenvalue weighted by Crippen LogP contribution is 2.16. The zero-order valence-electron chi connectivity index (χ0n) is 10.7. The van der Waals surface area contributed by atoms with Crippen LogP contribution in [0.3, 0.4) is 0 Å². The molecule has 0 aromatic carbocycles. The minimum atomic E-state index is -0.722. The molecule has 2 unspecified atom stereocenters. The number of hydrogen-bond acceptors (Lipinski definition) is 3. The summed E-state index contributed by atoms with van der Waals surface area (Å²) in [6.45, 7) is 6.30. The van der Waals surface area contributed by atoms with Crippen LogP contribution in [0.25, 0.3) is 0 Å². The molecule has 3 nitrogen and oxygen atoms in total. The molecule has 2 atom stereocenters. The molecule has 17 heavy (non-hydrogen) atoms. The van der Waals surface area contributed by atoms with E-state index < -0.39 is 5.97 Å². The first-order valence-electron chi connectivity index (χ1n) is 6.00. The van der Waals surface area contributed by atoms with E-state index in [9.17, 15) is 4.79 Å². The molecule has 1 rings (SSSR count). The SMILES string of the molecule is Cc1ccc(CC(C)NC(C)CCC(=O)O)s1. The van der Waals surface area contributed by atoms with Crippen LogP contribution in [-0.2, 0) is 11.2 Å². The zero-order valence-corrected chi connectivity index (χ0v) is 11.5. The fraction of sp³-hybridized carbons (Fsp3) is 0.615. The number of nitrogens with one attached hydrogen (secondary N) is 1. The summed E-state index contributed by atoms with van der Waals surface area (Å²) >= 11 is 1.83. The molecule has 0 aliphatic rings. The second kappa shape index (κ2) is 6.77. The van der Waals surface area contributed by atoms with Crippen molar-refractivity contribution in [3.63, 3.8) is 0 Å². The van der Waals surface area contributed by atoms with Crippen molar-refractivity contribution in [2.75, 3.05) is 0 Å². The summed E-state index contributed by atoms with van der Waals surface area (Å²) in [5.41, 5.74) is 0. The third-order valence-corrected chi connectivity index (χ3v) is 3.69. The first-order chi connectivity index (χ1) is 7.97. The van der Waals surface area contributed by atoms with E-state index >= 15 is 0 Å². The molecule has 0 amide bonds. The molecule has 96 valence electrons. The second-order valence-electron chi connectivity index (χ2n) is 4.62. The lowest BCUT2D eigenvalue weighted by atomic mass is 10.1. The van der Waals surface area contributed by atoms with Gasteiger partial charge in [0.15, 0.2) is 0 Å². The van der Waals surface area contributed by atoms with E-state index in [2.05, 4.69) is 31.3 Å². The van der Waals surface area contributed by atoms with Gasteiger partial charge in [0.25, 0.3) is 0 Å². The number of aryl methyl sites for hydroxylation is 1. The van der Waals surface area contributed by atoms with Gasteiger partial charge in [-0.05, 0) is 45.7 Å². The number of aliphatic carboxylic acids is 1. The molecule has 0 saturated carbocycles. The van der Waals surface area contributed by atoms with Crippen molar-refractivity contribution in [3.05, 3.63) is 21.9 Å². The van der Waals surface area contributed by atoms with E-state index in [1.807, 2.05) is 18.3 Å². The predicted octanol–water partition coefficient (Wildman–Crippen LogP) is 2.83. The molecule has 0 aliphatic heterocycles. The van der Waals surface area contributed by atoms with Crippen molar-refractivity contribution in [3.8, 4) is 0 Å². The smallest absolute Gasteiger partial charge is 0.303 e. The lowest BCUT2D eigenvalue weighted by Gasteiger charge is -2.18. The number of hydrogen-bond donors (Lipinski definition) is 2. The lowest BCUT2D eigenvalue weighted by Crippen LogP contribution is -2.36. The van der Waals surface area contributed by atoms with Gasteiger partial charge in [0.1, 0.15) is 0 Å². The topological polar surface area (TPSA) is 49.3 Å². The summed E-state index contributed by atoms with van der Waals surface area (Å²) in [6.07, 6.45) is 1.93. The van der Waals surface area contributed by atoms with E-state index in [4.69, 9.17) is 5.11 Å². The van der Waals surface area contributed by atoms with Crippen molar-refractivity contribution in [2.24, 2.45) is 0 Å². The maximum absolute atomic E-state index is 10.5. The van der Waals surface area contributed by atoms with Gasteiger partial charge in [-0.1, -0.05) is 0 Å². The van der Waals surface area contributed by atoms with Crippen LogP contribution < -0.4 is 5.32 Å². The van der Waals surface area contributed by atoms with Gasteiger partial charge < -0.3 is 10.4 Å². The highest BCUT2D eigenvalue weighted by Gasteiger charge is 2.10. The van der Waals surface area contributed by atoms with Crippen molar-refractivity contribution in [1.29, 1.82) is 0 Å². The fourth-order valence-electron chi connectivity index (χ4n) is 1.86. The summed E-state index contributed by atoms with van der Waals surface area (Å²) in [6, 6.07) is 4.94. The Labute approximate surface area is 107 Å². The van der Waals surface area contributed by atoms with Crippen LogP contribution >= 0.6 is 11.3 Å². The van der Waals surface area contributed by atoms with Gasteiger partial charge >= 0.3 is 5.97 Å². The lowest BCUT2D eigenvalue weighted by molar-refractivity contribution is -0.137. The Hall–Kier alpha value is -0.870. The molecule has 2 N–H and O–H groups in total. The van der Waals surface area contributed by atoms with Crippen molar-refractivity contribution < 1.29 is 9.90 Å². The van der Waals surface area contributed by atoms with Crippen molar-refractivity contribution in [2.45, 2.75) is 52.1 Å². The monoisotopic (exact) mass is 255 g/mol. The minimum absolute atomic E-state index is 0.235. The summed E-state index contributed by atoms with van der Waals surface area (Å²) in [4.78, 5) is 13.2. The Morgan fingerprint density at radius 1 is 1.41 bits per heavy atom. The van der Waals surface area contributed by atoms with Crippen molar-refractivity contribution >= 4 is 17.3 Å². The first kappa shape index (κ1) is 14.2. The third-order valence-electron chi connectivity index (χ3n) is 2.66. The highest BCUT2D eigenvalue weighted by atomic mass is 32.1. The largest absolute Gasteiger partial charge is 0.481 e. The second-order valence-corrected chi connectivity index (χ2v) is 5.99. The Bertz CT molecular complexity index is 362. The first-order valence-corrected chi connectivity index (χ1v) is 6.82. The van der Waals surface area contributed by atoms with Gasteiger partial charge in [0.05, 0.1) is 0 Å². The fourth-order valence-corrected chi connectivity index (χ4v) is 2.88. The molecule has 0 radical (unpaired) electrons. The van der Waals surface area contributed by atoms with Gasteiger partial charge in [0.2, 0.25) is 0 Å². The molecular formula is C13H21NO2S. The maximum atomic E-state index is 10.5. The van der Waals surface area contributed by atoms with Crippen LogP contribution in [0.1, 0.15) is 36.4 Å². The van der Waals surface area contributed by atoms with E-state index in [-0.39, 0.29) is 12.5 Å². The third kappa shape index (κ3) is 5.84. The molecule has 4 heteroatoms. The average Bonchev–Trinajstić information content (AvgIpc) is 2.60. The Morgan fingerprint density at radius 2 is 2.12 bits per heavy atom. The average molecular weight is 255 g/mol. The summed E-state index contributed by atoms with van der Waals surface area (Å²) in [5.74, 6) is -0.722. The van der Waals surface area contributed by atoms with Gasteiger partial charge in [-0.3, -0.25) is 4.79 Å². The van der Waals surface area contributed by atoms with Gasteiger partial charge in [-0.15, -0.1) is 11.3 Å². The van der Waals surface area contributed by atoms with Crippen LogP contribution in [0.4, 0.5) is 0 Å². The van der Waals surface area contributed by atoms with E-state index in [0.717, 1.165) is 6.42 Å². The molecule has 1 heterocycles. The summed E-state index contributed by atoms with van der Waals surface area (Å²) in [5, 5.41) is 12.0. The maximum Gasteiger partial charge on any atom is 0.303 e. The molecular weight excluding hydrogens is 234 g/mol. The quantitative estimate of drug-likeness (QED) is 0.787. The number of rotatable bonds is 7. The predicted molar refractivity (Wildman–Crippen MR) is 71.7 cm³/mol. The number of thiophene rings is 1. The van der Waals surface area contributed by atoms with Gasteiger partial charge in [0, 0.05) is 28.3 Å². The van der Waals surface area contributed by atoms with Crippen LogP contribution in [0.15, 0.2) is 12.1 Å². The van der Waals surface area contributed by atoms with Crippen LogP contribution in [-0.4, -0.2) is 23.2 Å². The standard InChI is InChI=1S/C13H21NO2S/c1-9(4-7-13(15)16)14-10(2)8-12-6-5-11(3)17-12/h5-6,9-10,14H,4,7-8H2,1-3H3,(H,15,16). The molecule has 0 saturated heterocycles. The van der Waals surface area contributed by atoms with Crippen LogP contribution in [0, 0.1) is 6.92 Å². The van der Waals surface area contributed by atoms with E-state index in [1.165, 1.54) is 9.75 Å². The summed E-state index contributed by atoms with van der Waals surface area (Å²) in [7, 11) is 0. The molecule has 0 bridgehead atoms. The van der Waals surface area contributed by atoms with Crippen LogP contribution in [0.5, 0.6) is 0 Å².